The second-order valence-corrected chi connectivity index (χ2v) is 4.34. The highest BCUT2D eigenvalue weighted by Crippen LogP contribution is 2.21. The molecule has 0 bridgehead atoms. The molecule has 0 radical (unpaired) electrons. The first kappa shape index (κ1) is 10.9. The zero-order valence-corrected chi connectivity index (χ0v) is 9.95. The van der Waals surface area contributed by atoms with Crippen molar-refractivity contribution in [3.63, 3.8) is 0 Å². The second kappa shape index (κ2) is 4.59. The van der Waals surface area contributed by atoms with Gasteiger partial charge < -0.3 is 5.73 Å². The lowest BCUT2D eigenvalue weighted by atomic mass is 10.0. The number of pyridine rings is 1. The summed E-state index contributed by atoms with van der Waals surface area (Å²) in [6.45, 7) is 0. The fourth-order valence-electron chi connectivity index (χ4n) is 2.10. The third-order valence-electron chi connectivity index (χ3n) is 3.13. The molecule has 2 N–H and O–H groups in total. The summed E-state index contributed by atoms with van der Waals surface area (Å²) in [6, 6.07) is 20.1. The fourth-order valence-corrected chi connectivity index (χ4v) is 2.10. The summed E-state index contributed by atoms with van der Waals surface area (Å²) in [5.74, 6) is 0. The topological polar surface area (TPSA) is 38.9 Å². The smallest absolute Gasteiger partial charge is 0.0726 e. The number of hydrogen-bond acceptors (Lipinski definition) is 2. The van der Waals surface area contributed by atoms with Gasteiger partial charge in [-0.3, -0.25) is 4.98 Å². The zero-order chi connectivity index (χ0) is 12.4. The molecule has 0 aliphatic heterocycles. The highest BCUT2D eigenvalue weighted by molar-refractivity contribution is 5.81. The third-order valence-corrected chi connectivity index (χ3v) is 3.13. The minimum Gasteiger partial charge on any atom is -0.319 e. The largest absolute Gasteiger partial charge is 0.319 e. The van der Waals surface area contributed by atoms with Crippen LogP contribution in [0, 0.1) is 0 Å². The van der Waals surface area contributed by atoms with E-state index in [1.165, 1.54) is 5.39 Å². The maximum Gasteiger partial charge on any atom is 0.0726 e. The Kier molecular flexibility index (Phi) is 2.79. The third kappa shape index (κ3) is 1.98. The van der Waals surface area contributed by atoms with Crippen LogP contribution in [0.1, 0.15) is 17.3 Å². The lowest BCUT2D eigenvalue weighted by Crippen LogP contribution is -2.13. The number of fused-ring (bicyclic) bond motifs is 1. The average molecular weight is 234 g/mol. The molecule has 0 unspecified atom stereocenters. The fraction of sp³-hybridized carbons (Fsp3) is 0.0625. The highest BCUT2D eigenvalue weighted by Gasteiger charge is 2.10. The van der Waals surface area contributed by atoms with E-state index in [-0.39, 0.29) is 6.04 Å². The quantitative estimate of drug-likeness (QED) is 0.739. The summed E-state index contributed by atoms with van der Waals surface area (Å²) in [4.78, 5) is 4.46. The summed E-state index contributed by atoms with van der Waals surface area (Å²) in [5.41, 5.74) is 8.23. The molecule has 0 saturated carbocycles. The normalized spacial score (nSPS) is 12.5. The molecule has 88 valence electrons. The number of benzene rings is 2. The molecule has 2 nitrogen and oxygen atoms in total. The Morgan fingerprint density at radius 3 is 2.28 bits per heavy atom. The van der Waals surface area contributed by atoms with E-state index in [1.807, 2.05) is 48.7 Å². The van der Waals surface area contributed by atoms with Gasteiger partial charge in [0.15, 0.2) is 0 Å². The van der Waals surface area contributed by atoms with Crippen LogP contribution in [0.2, 0.25) is 0 Å². The second-order valence-electron chi connectivity index (χ2n) is 4.34. The van der Waals surface area contributed by atoms with Crippen molar-refractivity contribution in [2.75, 3.05) is 0 Å². The van der Waals surface area contributed by atoms with Crippen LogP contribution in [0.5, 0.6) is 0 Å². The van der Waals surface area contributed by atoms with Crippen LogP contribution in [-0.4, -0.2) is 4.98 Å². The van der Waals surface area contributed by atoms with Gasteiger partial charge in [0.2, 0.25) is 0 Å². The zero-order valence-electron chi connectivity index (χ0n) is 9.95. The van der Waals surface area contributed by atoms with Gasteiger partial charge in [0.05, 0.1) is 11.7 Å². The number of nitrogens with two attached hydrogens (primary N) is 1. The Labute approximate surface area is 106 Å². The Morgan fingerprint density at radius 2 is 1.50 bits per heavy atom. The Bertz CT molecular complexity index is 662. The van der Waals surface area contributed by atoms with Crippen LogP contribution < -0.4 is 5.73 Å². The molecule has 0 aliphatic carbocycles. The van der Waals surface area contributed by atoms with Gasteiger partial charge in [0, 0.05) is 11.6 Å². The lowest BCUT2D eigenvalue weighted by molar-refractivity contribution is 0.832. The van der Waals surface area contributed by atoms with Gasteiger partial charge >= 0.3 is 0 Å². The Balaban J connectivity index is 2.04. The van der Waals surface area contributed by atoms with E-state index < -0.39 is 0 Å². The molecule has 0 aliphatic rings. The maximum absolute atomic E-state index is 6.24. The van der Waals surface area contributed by atoms with Gasteiger partial charge in [-0.15, -0.1) is 0 Å². The summed E-state index contributed by atoms with van der Waals surface area (Å²) in [5, 5.41) is 2.32. The summed E-state index contributed by atoms with van der Waals surface area (Å²) < 4.78 is 0. The van der Waals surface area contributed by atoms with Gasteiger partial charge in [-0.1, -0.05) is 54.6 Å². The van der Waals surface area contributed by atoms with Crippen molar-refractivity contribution in [3.8, 4) is 0 Å². The first-order valence-corrected chi connectivity index (χ1v) is 6.00. The van der Waals surface area contributed by atoms with E-state index in [0.717, 1.165) is 16.6 Å². The molecule has 1 aromatic heterocycles. The first-order chi connectivity index (χ1) is 8.84. The van der Waals surface area contributed by atoms with Crippen molar-refractivity contribution in [2.45, 2.75) is 6.04 Å². The monoisotopic (exact) mass is 234 g/mol. The Hall–Kier alpha value is -2.19. The molecule has 0 spiro atoms. The number of hydrogen-bond donors (Lipinski definition) is 1. The molecule has 2 aromatic carbocycles. The van der Waals surface area contributed by atoms with E-state index in [9.17, 15) is 0 Å². The van der Waals surface area contributed by atoms with Crippen LogP contribution in [0.4, 0.5) is 0 Å². The van der Waals surface area contributed by atoms with Crippen LogP contribution in [-0.2, 0) is 0 Å². The number of aromatic nitrogens is 1. The number of rotatable bonds is 2. The van der Waals surface area contributed by atoms with Crippen molar-refractivity contribution < 1.29 is 0 Å². The summed E-state index contributed by atoms with van der Waals surface area (Å²) in [7, 11) is 0. The molecular formula is C16H14N2. The standard InChI is InChI=1S/C16H14N2/c17-16(12-6-2-1-3-7-12)15-10-13-8-4-5-9-14(13)11-18-15/h1-11,16H,17H2/t16-/m0/s1. The summed E-state index contributed by atoms with van der Waals surface area (Å²) in [6.07, 6.45) is 1.88. The Morgan fingerprint density at radius 1 is 0.833 bits per heavy atom. The molecule has 0 fully saturated rings. The van der Waals surface area contributed by atoms with Crippen molar-refractivity contribution >= 4 is 10.8 Å². The summed E-state index contributed by atoms with van der Waals surface area (Å²) >= 11 is 0. The van der Waals surface area contributed by atoms with Crippen molar-refractivity contribution in [3.05, 3.63) is 78.1 Å². The van der Waals surface area contributed by atoms with Crippen LogP contribution in [0.15, 0.2) is 66.9 Å². The van der Waals surface area contributed by atoms with E-state index in [0.29, 0.717) is 0 Å². The molecule has 0 amide bonds. The van der Waals surface area contributed by atoms with Gasteiger partial charge in [-0.25, -0.2) is 0 Å². The van der Waals surface area contributed by atoms with Crippen LogP contribution in [0.3, 0.4) is 0 Å². The molecule has 3 rings (SSSR count). The van der Waals surface area contributed by atoms with Gasteiger partial charge in [-0.2, -0.15) is 0 Å². The minimum atomic E-state index is -0.171. The van der Waals surface area contributed by atoms with E-state index in [4.69, 9.17) is 5.73 Å². The molecule has 3 aromatic rings. The first-order valence-electron chi connectivity index (χ1n) is 6.00. The van der Waals surface area contributed by atoms with Gasteiger partial charge in [0.1, 0.15) is 0 Å². The van der Waals surface area contributed by atoms with Gasteiger partial charge in [-0.05, 0) is 17.0 Å². The average Bonchev–Trinajstić information content (AvgIpc) is 2.47. The van der Waals surface area contributed by atoms with Crippen molar-refractivity contribution in [2.24, 2.45) is 5.73 Å². The van der Waals surface area contributed by atoms with Crippen molar-refractivity contribution in [1.29, 1.82) is 0 Å². The van der Waals surface area contributed by atoms with E-state index in [1.54, 1.807) is 0 Å². The molecule has 0 saturated heterocycles. The predicted octanol–water partition coefficient (Wildman–Crippen LogP) is 3.28. The lowest BCUT2D eigenvalue weighted by Gasteiger charge is -2.12. The van der Waals surface area contributed by atoms with E-state index >= 15 is 0 Å². The molecular weight excluding hydrogens is 220 g/mol. The SMILES string of the molecule is N[C@@H](c1ccccc1)c1cc2ccccc2cn1. The number of nitrogens with zero attached hydrogens (tertiary/aromatic N) is 1. The molecule has 18 heavy (non-hydrogen) atoms. The highest BCUT2D eigenvalue weighted by atomic mass is 14.8. The van der Waals surface area contributed by atoms with Crippen LogP contribution in [0.25, 0.3) is 10.8 Å². The molecule has 2 heteroatoms. The molecule has 1 heterocycles. The minimum absolute atomic E-state index is 0.171. The predicted molar refractivity (Wildman–Crippen MR) is 74.2 cm³/mol. The van der Waals surface area contributed by atoms with Crippen LogP contribution >= 0.6 is 0 Å². The van der Waals surface area contributed by atoms with Crippen molar-refractivity contribution in [1.82, 2.24) is 4.98 Å². The maximum atomic E-state index is 6.24. The van der Waals surface area contributed by atoms with E-state index in [2.05, 4.69) is 23.2 Å². The molecule has 1 atom stereocenters. The van der Waals surface area contributed by atoms with Gasteiger partial charge in [0.25, 0.3) is 0 Å².